The van der Waals surface area contributed by atoms with E-state index in [1.807, 2.05) is 18.2 Å². The Morgan fingerprint density at radius 1 is 1.29 bits per heavy atom. The van der Waals surface area contributed by atoms with E-state index >= 15 is 0 Å². The van der Waals surface area contributed by atoms with Gasteiger partial charge in [0.2, 0.25) is 5.24 Å². The summed E-state index contributed by atoms with van der Waals surface area (Å²) in [5.41, 5.74) is 1.26. The van der Waals surface area contributed by atoms with Crippen LogP contribution in [0.4, 0.5) is 0 Å². The molecule has 1 aromatic rings. The average Bonchev–Trinajstić information content (AvgIpc) is 2.17. The van der Waals surface area contributed by atoms with Crippen molar-refractivity contribution in [1.29, 1.82) is 0 Å². The standard InChI is InChI=1S/C12H15ClO/c1-9(8-12(13)14)10(2)11-6-4-3-5-7-11/h3-7,9-10H,8H2,1-2H3. The second-order valence-electron chi connectivity index (χ2n) is 3.74. The Hall–Kier alpha value is -0.820. The molecule has 1 rings (SSSR count). The first-order chi connectivity index (χ1) is 6.61. The van der Waals surface area contributed by atoms with E-state index in [1.165, 1.54) is 5.56 Å². The molecule has 1 aromatic carbocycles. The minimum Gasteiger partial charge on any atom is -0.281 e. The van der Waals surface area contributed by atoms with Crippen molar-refractivity contribution < 1.29 is 4.79 Å². The summed E-state index contributed by atoms with van der Waals surface area (Å²) in [5.74, 6) is 0.668. The van der Waals surface area contributed by atoms with Crippen molar-refractivity contribution in [2.45, 2.75) is 26.2 Å². The molecule has 14 heavy (non-hydrogen) atoms. The second-order valence-corrected chi connectivity index (χ2v) is 4.16. The van der Waals surface area contributed by atoms with Crippen LogP contribution in [0.3, 0.4) is 0 Å². The molecule has 0 spiro atoms. The van der Waals surface area contributed by atoms with Crippen molar-refractivity contribution in [3.05, 3.63) is 35.9 Å². The van der Waals surface area contributed by atoms with Gasteiger partial charge in [0.25, 0.3) is 0 Å². The molecule has 0 aliphatic carbocycles. The highest BCUT2D eigenvalue weighted by Gasteiger charge is 2.16. The van der Waals surface area contributed by atoms with Crippen molar-refractivity contribution in [3.63, 3.8) is 0 Å². The van der Waals surface area contributed by atoms with E-state index < -0.39 is 0 Å². The molecule has 2 heteroatoms. The molecule has 0 aliphatic heterocycles. The van der Waals surface area contributed by atoms with Crippen LogP contribution in [0.15, 0.2) is 30.3 Å². The highest BCUT2D eigenvalue weighted by molar-refractivity contribution is 6.63. The third-order valence-electron chi connectivity index (χ3n) is 2.66. The zero-order chi connectivity index (χ0) is 10.6. The number of hydrogen-bond acceptors (Lipinski definition) is 1. The summed E-state index contributed by atoms with van der Waals surface area (Å²) in [5, 5.41) is -0.250. The fourth-order valence-corrected chi connectivity index (χ4v) is 1.76. The van der Waals surface area contributed by atoms with Gasteiger partial charge in [0, 0.05) is 6.42 Å². The fourth-order valence-electron chi connectivity index (χ4n) is 1.52. The molecule has 0 amide bonds. The first-order valence-corrected chi connectivity index (χ1v) is 5.22. The van der Waals surface area contributed by atoms with Gasteiger partial charge < -0.3 is 0 Å². The molecule has 0 bridgehead atoms. The summed E-state index contributed by atoms with van der Waals surface area (Å²) in [6.07, 6.45) is 0.442. The third-order valence-corrected chi connectivity index (χ3v) is 2.82. The molecule has 0 fully saturated rings. The zero-order valence-electron chi connectivity index (χ0n) is 8.53. The number of hydrogen-bond donors (Lipinski definition) is 0. The maximum absolute atomic E-state index is 10.8. The third kappa shape index (κ3) is 3.15. The van der Waals surface area contributed by atoms with E-state index in [1.54, 1.807) is 0 Å². The van der Waals surface area contributed by atoms with E-state index in [0.717, 1.165) is 0 Å². The maximum Gasteiger partial charge on any atom is 0.221 e. The minimum absolute atomic E-state index is 0.250. The van der Waals surface area contributed by atoms with Gasteiger partial charge in [0.1, 0.15) is 0 Å². The molecule has 1 nitrogen and oxygen atoms in total. The van der Waals surface area contributed by atoms with Crippen molar-refractivity contribution >= 4 is 16.8 Å². The van der Waals surface area contributed by atoms with E-state index in [2.05, 4.69) is 26.0 Å². The molecule has 76 valence electrons. The van der Waals surface area contributed by atoms with Gasteiger partial charge in [-0.1, -0.05) is 44.2 Å². The van der Waals surface area contributed by atoms with E-state index in [0.29, 0.717) is 18.3 Å². The molecule has 0 aromatic heterocycles. The van der Waals surface area contributed by atoms with Gasteiger partial charge in [-0.15, -0.1) is 0 Å². The highest BCUT2D eigenvalue weighted by Crippen LogP contribution is 2.26. The lowest BCUT2D eigenvalue weighted by Gasteiger charge is -2.18. The van der Waals surface area contributed by atoms with Crippen LogP contribution in [0.25, 0.3) is 0 Å². The summed E-state index contributed by atoms with van der Waals surface area (Å²) in [6, 6.07) is 10.2. The van der Waals surface area contributed by atoms with Gasteiger partial charge in [-0.05, 0) is 29.0 Å². The van der Waals surface area contributed by atoms with Gasteiger partial charge >= 0.3 is 0 Å². The monoisotopic (exact) mass is 210 g/mol. The largest absolute Gasteiger partial charge is 0.281 e. The Morgan fingerprint density at radius 2 is 1.86 bits per heavy atom. The molecule has 0 saturated carbocycles. The summed E-state index contributed by atoms with van der Waals surface area (Å²) >= 11 is 5.37. The Labute approximate surface area is 90.1 Å². The quantitative estimate of drug-likeness (QED) is 0.695. The van der Waals surface area contributed by atoms with Crippen LogP contribution in [0.1, 0.15) is 31.7 Å². The van der Waals surface area contributed by atoms with Crippen LogP contribution in [0, 0.1) is 5.92 Å². The van der Waals surface area contributed by atoms with E-state index in [-0.39, 0.29) is 5.24 Å². The summed E-state index contributed by atoms with van der Waals surface area (Å²) < 4.78 is 0. The lowest BCUT2D eigenvalue weighted by molar-refractivity contribution is -0.112. The second kappa shape index (κ2) is 5.16. The summed E-state index contributed by atoms with van der Waals surface area (Å²) in [4.78, 5) is 10.8. The van der Waals surface area contributed by atoms with Gasteiger partial charge in [-0.25, -0.2) is 0 Å². The Morgan fingerprint density at radius 3 is 2.36 bits per heavy atom. The maximum atomic E-state index is 10.8. The zero-order valence-corrected chi connectivity index (χ0v) is 9.29. The topological polar surface area (TPSA) is 17.1 Å². The molecule has 2 atom stereocenters. The van der Waals surface area contributed by atoms with Crippen molar-refractivity contribution in [3.8, 4) is 0 Å². The van der Waals surface area contributed by atoms with Crippen LogP contribution < -0.4 is 0 Å². The first kappa shape index (κ1) is 11.3. The number of rotatable bonds is 4. The minimum atomic E-state index is -0.250. The SMILES string of the molecule is CC(CC(=O)Cl)C(C)c1ccccc1. The van der Waals surface area contributed by atoms with Crippen LogP contribution in [-0.2, 0) is 4.79 Å². The molecule has 2 unspecified atom stereocenters. The smallest absolute Gasteiger partial charge is 0.221 e. The molecule has 0 aliphatic rings. The number of benzene rings is 1. The summed E-state index contributed by atoms with van der Waals surface area (Å²) in [7, 11) is 0. The van der Waals surface area contributed by atoms with Crippen LogP contribution in [-0.4, -0.2) is 5.24 Å². The number of carbonyl (C=O) groups excluding carboxylic acids is 1. The lowest BCUT2D eigenvalue weighted by atomic mass is 9.87. The number of halogens is 1. The predicted octanol–water partition coefficient (Wildman–Crippen LogP) is 3.58. The fraction of sp³-hybridized carbons (Fsp3) is 0.417. The van der Waals surface area contributed by atoms with Crippen molar-refractivity contribution in [2.24, 2.45) is 5.92 Å². The highest BCUT2D eigenvalue weighted by atomic mass is 35.5. The van der Waals surface area contributed by atoms with E-state index in [9.17, 15) is 4.79 Å². The Bertz CT molecular complexity index is 294. The molecule has 0 heterocycles. The molecular formula is C12H15ClO. The molecular weight excluding hydrogens is 196 g/mol. The Kier molecular flexibility index (Phi) is 4.15. The van der Waals surface area contributed by atoms with E-state index in [4.69, 9.17) is 11.6 Å². The van der Waals surface area contributed by atoms with Gasteiger partial charge in [-0.3, -0.25) is 4.79 Å². The van der Waals surface area contributed by atoms with Crippen molar-refractivity contribution in [1.82, 2.24) is 0 Å². The van der Waals surface area contributed by atoms with Gasteiger partial charge in [0.15, 0.2) is 0 Å². The van der Waals surface area contributed by atoms with Gasteiger partial charge in [0.05, 0.1) is 0 Å². The average molecular weight is 211 g/mol. The molecule has 0 saturated heterocycles. The van der Waals surface area contributed by atoms with Crippen molar-refractivity contribution in [2.75, 3.05) is 0 Å². The normalized spacial score (nSPS) is 14.8. The summed E-state index contributed by atoms with van der Waals surface area (Å²) in [6.45, 7) is 4.18. The molecule has 0 radical (unpaired) electrons. The van der Waals surface area contributed by atoms with Crippen LogP contribution in [0.5, 0.6) is 0 Å². The number of carbonyl (C=O) groups is 1. The predicted molar refractivity (Wildman–Crippen MR) is 59.5 cm³/mol. The van der Waals surface area contributed by atoms with Gasteiger partial charge in [-0.2, -0.15) is 0 Å². The lowest BCUT2D eigenvalue weighted by Crippen LogP contribution is -2.08. The van der Waals surface area contributed by atoms with Crippen LogP contribution >= 0.6 is 11.6 Å². The first-order valence-electron chi connectivity index (χ1n) is 4.84. The molecule has 0 N–H and O–H groups in total. The Balaban J connectivity index is 2.65. The van der Waals surface area contributed by atoms with Crippen LogP contribution in [0.2, 0.25) is 0 Å².